The lowest BCUT2D eigenvalue weighted by Gasteiger charge is -2.26. The van der Waals surface area contributed by atoms with Crippen LogP contribution in [0.3, 0.4) is 0 Å². The third-order valence-electron chi connectivity index (χ3n) is 7.36. The van der Waals surface area contributed by atoms with Gasteiger partial charge in [0.25, 0.3) is 0 Å². The third kappa shape index (κ3) is 26.4. The van der Waals surface area contributed by atoms with Crippen LogP contribution in [-0.4, -0.2) is 73.4 Å². The fraction of sp³-hybridized carbons (Fsp3) is 0.968. The second-order valence-corrected chi connectivity index (χ2v) is 14.0. The van der Waals surface area contributed by atoms with E-state index in [1.807, 2.05) is 21.1 Å². The van der Waals surface area contributed by atoms with Gasteiger partial charge in [0.2, 0.25) is 5.91 Å². The SMILES string of the molecule is CCCCCCCCCCCC(=O)N[C@@H](COP(=O)(O)OCC[N+](C)(C)C)[C@H](O)CCCCCCCCCCC. The molecule has 0 spiro atoms. The number of hydrogen-bond acceptors (Lipinski definition) is 5. The Morgan fingerprint density at radius 3 is 1.68 bits per heavy atom. The molecule has 0 aromatic rings. The van der Waals surface area contributed by atoms with Crippen LogP contribution in [-0.2, 0) is 18.4 Å². The molecule has 0 rings (SSSR count). The van der Waals surface area contributed by atoms with E-state index in [-0.39, 0.29) is 19.1 Å². The standard InChI is InChI=1S/C31H65N2O6P/c1-6-8-10-12-14-16-18-20-22-24-30(34)29(28-39-40(36,37)38-27-26-33(3,4)5)32-31(35)25-23-21-19-17-15-13-11-9-7-2/h29-30,34H,6-28H2,1-5H3,(H-,32,35,36,37)/p+1/t29-,30+/m0/s1. The second kappa shape index (κ2) is 25.0. The summed E-state index contributed by atoms with van der Waals surface area (Å²) >= 11 is 0. The molecule has 0 aliphatic heterocycles. The lowest BCUT2D eigenvalue weighted by atomic mass is 10.0. The Morgan fingerprint density at radius 2 is 1.20 bits per heavy atom. The van der Waals surface area contributed by atoms with Crippen molar-refractivity contribution in [1.82, 2.24) is 5.32 Å². The lowest BCUT2D eigenvalue weighted by Crippen LogP contribution is -2.46. The van der Waals surface area contributed by atoms with E-state index in [9.17, 15) is 19.4 Å². The smallest absolute Gasteiger partial charge is 0.391 e. The van der Waals surface area contributed by atoms with Gasteiger partial charge in [0, 0.05) is 6.42 Å². The number of carbonyl (C=O) groups is 1. The molecule has 1 amide bonds. The van der Waals surface area contributed by atoms with Crippen molar-refractivity contribution in [1.29, 1.82) is 0 Å². The number of nitrogens with one attached hydrogen (secondary N) is 1. The molecule has 40 heavy (non-hydrogen) atoms. The highest BCUT2D eigenvalue weighted by Gasteiger charge is 2.28. The van der Waals surface area contributed by atoms with Gasteiger partial charge in [-0.1, -0.05) is 123 Å². The van der Waals surface area contributed by atoms with E-state index in [0.29, 0.717) is 23.9 Å². The Balaban J connectivity index is 4.56. The summed E-state index contributed by atoms with van der Waals surface area (Å²) in [7, 11) is 1.62. The van der Waals surface area contributed by atoms with Crippen molar-refractivity contribution in [3.63, 3.8) is 0 Å². The molecule has 0 fully saturated rings. The van der Waals surface area contributed by atoms with Gasteiger partial charge in [-0.15, -0.1) is 0 Å². The van der Waals surface area contributed by atoms with Crippen LogP contribution in [0.5, 0.6) is 0 Å². The van der Waals surface area contributed by atoms with Crippen molar-refractivity contribution in [3.05, 3.63) is 0 Å². The van der Waals surface area contributed by atoms with Crippen LogP contribution in [0, 0.1) is 0 Å². The van der Waals surface area contributed by atoms with E-state index in [2.05, 4.69) is 19.2 Å². The van der Waals surface area contributed by atoms with Gasteiger partial charge < -0.3 is 19.8 Å². The minimum Gasteiger partial charge on any atom is -0.391 e. The highest BCUT2D eigenvalue weighted by Crippen LogP contribution is 2.43. The van der Waals surface area contributed by atoms with Gasteiger partial charge in [0.15, 0.2) is 0 Å². The molecule has 8 nitrogen and oxygen atoms in total. The van der Waals surface area contributed by atoms with Crippen molar-refractivity contribution in [2.75, 3.05) is 40.9 Å². The van der Waals surface area contributed by atoms with Crippen molar-refractivity contribution < 1.29 is 32.9 Å². The Kier molecular flexibility index (Phi) is 24.7. The van der Waals surface area contributed by atoms with Gasteiger partial charge in [-0.05, 0) is 12.8 Å². The normalized spacial score (nSPS) is 15.1. The summed E-state index contributed by atoms with van der Waals surface area (Å²) < 4.78 is 23.3. The van der Waals surface area contributed by atoms with E-state index in [1.165, 1.54) is 77.0 Å². The maximum absolute atomic E-state index is 12.7. The maximum atomic E-state index is 12.7. The van der Waals surface area contributed by atoms with E-state index < -0.39 is 20.0 Å². The molecule has 240 valence electrons. The minimum absolute atomic E-state index is 0.0773. The number of aliphatic hydroxyl groups is 1. The molecule has 9 heteroatoms. The van der Waals surface area contributed by atoms with Crippen LogP contribution in [0.4, 0.5) is 0 Å². The average molecular weight is 594 g/mol. The molecule has 0 aliphatic carbocycles. The summed E-state index contributed by atoms with van der Waals surface area (Å²) in [6, 6.07) is -0.748. The van der Waals surface area contributed by atoms with Gasteiger partial charge in [0.1, 0.15) is 13.2 Å². The molecule has 0 bridgehead atoms. The molecule has 0 saturated carbocycles. The van der Waals surface area contributed by atoms with E-state index in [4.69, 9.17) is 9.05 Å². The second-order valence-electron chi connectivity index (χ2n) is 12.5. The number of amides is 1. The maximum Gasteiger partial charge on any atom is 0.472 e. The van der Waals surface area contributed by atoms with Gasteiger partial charge in [-0.25, -0.2) is 4.57 Å². The number of phosphoric ester groups is 1. The molecule has 3 atom stereocenters. The molecule has 3 N–H and O–H groups in total. The van der Waals surface area contributed by atoms with Crippen molar-refractivity contribution in [2.45, 2.75) is 154 Å². The first kappa shape index (κ1) is 39.5. The number of aliphatic hydroxyl groups excluding tert-OH is 1. The zero-order valence-electron chi connectivity index (χ0n) is 26.8. The summed E-state index contributed by atoms with van der Waals surface area (Å²) in [4.78, 5) is 22.8. The summed E-state index contributed by atoms with van der Waals surface area (Å²) in [5.74, 6) is -0.151. The number of hydrogen-bond donors (Lipinski definition) is 3. The molecule has 0 aliphatic rings. The molecule has 0 radical (unpaired) electrons. The molecule has 1 unspecified atom stereocenters. The van der Waals surface area contributed by atoms with Crippen LogP contribution in [0.25, 0.3) is 0 Å². The van der Waals surface area contributed by atoms with Crippen LogP contribution < -0.4 is 5.32 Å². The number of phosphoric acid groups is 1. The highest BCUT2D eigenvalue weighted by atomic mass is 31.2. The first-order valence-electron chi connectivity index (χ1n) is 16.4. The quantitative estimate of drug-likeness (QED) is 0.0471. The summed E-state index contributed by atoms with van der Waals surface area (Å²) in [5.41, 5.74) is 0. The van der Waals surface area contributed by atoms with Gasteiger partial charge in [0.05, 0.1) is 39.9 Å². The van der Waals surface area contributed by atoms with Gasteiger partial charge >= 0.3 is 7.82 Å². The third-order valence-corrected chi connectivity index (χ3v) is 8.34. The number of unbranched alkanes of at least 4 members (excludes halogenated alkanes) is 16. The molecule has 0 saturated heterocycles. The van der Waals surface area contributed by atoms with Crippen LogP contribution in [0.15, 0.2) is 0 Å². The average Bonchev–Trinajstić information content (AvgIpc) is 2.88. The number of rotatable bonds is 29. The molecule has 0 aromatic heterocycles. The first-order chi connectivity index (χ1) is 19.0. The topological polar surface area (TPSA) is 105 Å². The fourth-order valence-corrected chi connectivity index (χ4v) is 5.37. The predicted octanol–water partition coefficient (Wildman–Crippen LogP) is 7.51. The molecular formula is C31H66N2O6P+. The minimum atomic E-state index is -4.28. The summed E-state index contributed by atoms with van der Waals surface area (Å²) in [5, 5.41) is 13.7. The van der Waals surface area contributed by atoms with E-state index in [0.717, 1.165) is 38.5 Å². The van der Waals surface area contributed by atoms with Gasteiger partial charge in [-0.2, -0.15) is 0 Å². The van der Waals surface area contributed by atoms with E-state index >= 15 is 0 Å². The Labute approximate surface area is 247 Å². The summed E-state index contributed by atoms with van der Waals surface area (Å²) in [6.45, 7) is 4.81. The number of carbonyl (C=O) groups excluding carboxylic acids is 1. The van der Waals surface area contributed by atoms with Crippen molar-refractivity contribution >= 4 is 13.7 Å². The van der Waals surface area contributed by atoms with Crippen molar-refractivity contribution in [3.8, 4) is 0 Å². The first-order valence-corrected chi connectivity index (χ1v) is 17.9. The molecular weight excluding hydrogens is 527 g/mol. The number of quaternary nitrogens is 1. The highest BCUT2D eigenvalue weighted by molar-refractivity contribution is 7.47. The lowest BCUT2D eigenvalue weighted by molar-refractivity contribution is -0.870. The Hall–Kier alpha value is -0.500. The van der Waals surface area contributed by atoms with Crippen LogP contribution in [0.1, 0.15) is 142 Å². The number of likely N-dealkylation sites (N-methyl/N-ethyl adjacent to an activating group) is 1. The fourth-order valence-electron chi connectivity index (χ4n) is 4.63. The Morgan fingerprint density at radius 1 is 0.750 bits per heavy atom. The monoisotopic (exact) mass is 593 g/mol. The van der Waals surface area contributed by atoms with Crippen LogP contribution in [0.2, 0.25) is 0 Å². The molecule has 0 aromatic carbocycles. The summed E-state index contributed by atoms with van der Waals surface area (Å²) in [6.07, 6.45) is 21.3. The van der Waals surface area contributed by atoms with Crippen LogP contribution >= 0.6 is 7.82 Å². The van der Waals surface area contributed by atoms with E-state index in [1.54, 1.807) is 0 Å². The van der Waals surface area contributed by atoms with Gasteiger partial charge in [-0.3, -0.25) is 13.8 Å². The number of nitrogens with zero attached hydrogens (tertiary/aromatic N) is 1. The zero-order valence-corrected chi connectivity index (χ0v) is 27.7. The largest absolute Gasteiger partial charge is 0.472 e. The molecule has 0 heterocycles. The Bertz CT molecular complexity index is 644. The van der Waals surface area contributed by atoms with Crippen molar-refractivity contribution in [2.24, 2.45) is 0 Å². The zero-order chi connectivity index (χ0) is 30.1. The predicted molar refractivity (Wildman–Crippen MR) is 166 cm³/mol.